The first kappa shape index (κ1) is 23.9. The van der Waals surface area contributed by atoms with Gasteiger partial charge in [-0.15, -0.1) is 0 Å². The van der Waals surface area contributed by atoms with Gasteiger partial charge >= 0.3 is 6.09 Å². The van der Waals surface area contributed by atoms with Gasteiger partial charge in [-0.1, -0.05) is 17.7 Å². The van der Waals surface area contributed by atoms with E-state index in [-0.39, 0.29) is 11.0 Å². The Morgan fingerprint density at radius 3 is 2.12 bits per heavy atom. The fourth-order valence-corrected chi connectivity index (χ4v) is 4.55. The third-order valence-corrected chi connectivity index (χ3v) is 6.73. The third-order valence-electron chi connectivity index (χ3n) is 5.33. The van der Waals surface area contributed by atoms with Crippen molar-refractivity contribution in [3.63, 3.8) is 0 Å². The molecular weight excluding hydrogens is 426 g/mol. The molecule has 3 rings (SSSR count). The number of hydrogen-bond donors (Lipinski definition) is 2. The van der Waals surface area contributed by atoms with Crippen molar-refractivity contribution in [3.05, 3.63) is 54.1 Å². The molecule has 2 N–H and O–H groups in total. The Bertz CT molecular complexity index is 1000. The number of benzene rings is 2. The molecule has 8 heteroatoms. The molecule has 0 aromatic heterocycles. The first-order chi connectivity index (χ1) is 15.0. The molecule has 0 aliphatic carbocycles. The smallest absolute Gasteiger partial charge is 0.410 e. The maximum atomic E-state index is 12.5. The summed E-state index contributed by atoms with van der Waals surface area (Å²) in [6.07, 6.45) is 1.59. The number of anilines is 2. The number of nitrogens with one attached hydrogen (secondary N) is 2. The molecule has 0 bridgehead atoms. The lowest BCUT2D eigenvalue weighted by molar-refractivity contribution is 0.0188. The fraction of sp³-hybridized carbons (Fsp3) is 0.458. The molecule has 1 heterocycles. The lowest BCUT2D eigenvalue weighted by atomic mass is 9.97. The number of aryl methyl sites for hydroxylation is 1. The Morgan fingerprint density at radius 2 is 1.56 bits per heavy atom. The summed E-state index contributed by atoms with van der Waals surface area (Å²) in [7, 11) is -3.61. The highest BCUT2D eigenvalue weighted by atomic mass is 32.2. The SMILES string of the molecule is Cc1ccc(S(=O)(=O)Nc2ccc(NCC3CCN(C(=O)OC(C)(C)C)CC3)cc2)cc1. The molecule has 0 radical (unpaired) electrons. The van der Waals surface area contributed by atoms with Crippen LogP contribution in [0.4, 0.5) is 16.2 Å². The van der Waals surface area contributed by atoms with Gasteiger partial charge in [0.2, 0.25) is 0 Å². The molecule has 1 aliphatic heterocycles. The van der Waals surface area contributed by atoms with E-state index in [2.05, 4.69) is 10.0 Å². The summed E-state index contributed by atoms with van der Waals surface area (Å²) < 4.78 is 33.1. The number of rotatable bonds is 6. The van der Waals surface area contributed by atoms with Gasteiger partial charge in [-0.3, -0.25) is 4.72 Å². The molecule has 0 unspecified atom stereocenters. The standard InChI is InChI=1S/C24H33N3O4S/c1-18-5-11-22(12-6-18)32(29,30)26-21-9-7-20(8-10-21)25-17-19-13-15-27(16-14-19)23(28)31-24(2,3)4/h5-12,19,25-26H,13-17H2,1-4H3. The average Bonchev–Trinajstić information content (AvgIpc) is 2.72. The number of carbonyl (C=O) groups is 1. The summed E-state index contributed by atoms with van der Waals surface area (Å²) in [6, 6.07) is 14.0. The summed E-state index contributed by atoms with van der Waals surface area (Å²) in [5.41, 5.74) is 1.98. The van der Waals surface area contributed by atoms with Crippen molar-refractivity contribution < 1.29 is 17.9 Å². The van der Waals surface area contributed by atoms with E-state index in [1.165, 1.54) is 0 Å². The summed E-state index contributed by atoms with van der Waals surface area (Å²) in [5.74, 6) is 0.466. The summed E-state index contributed by atoms with van der Waals surface area (Å²) >= 11 is 0. The Kier molecular flexibility index (Phi) is 7.33. The second kappa shape index (κ2) is 9.81. The van der Waals surface area contributed by atoms with Gasteiger partial charge in [0.25, 0.3) is 10.0 Å². The van der Waals surface area contributed by atoms with Gasteiger partial charge in [0.05, 0.1) is 4.90 Å². The van der Waals surface area contributed by atoms with Gasteiger partial charge in [0, 0.05) is 31.0 Å². The van der Waals surface area contributed by atoms with E-state index < -0.39 is 15.6 Å². The largest absolute Gasteiger partial charge is 0.444 e. The highest BCUT2D eigenvalue weighted by molar-refractivity contribution is 7.92. The second-order valence-electron chi connectivity index (χ2n) is 9.29. The minimum absolute atomic E-state index is 0.239. The summed E-state index contributed by atoms with van der Waals surface area (Å²) in [4.78, 5) is 14.2. The molecule has 7 nitrogen and oxygen atoms in total. The molecule has 1 fully saturated rings. The van der Waals surface area contributed by atoms with Crippen LogP contribution in [0.25, 0.3) is 0 Å². The van der Waals surface area contributed by atoms with Crippen LogP contribution in [-0.2, 0) is 14.8 Å². The molecule has 2 aromatic carbocycles. The number of sulfonamides is 1. The highest BCUT2D eigenvalue weighted by Gasteiger charge is 2.26. The summed E-state index contributed by atoms with van der Waals surface area (Å²) in [5, 5.41) is 3.41. The van der Waals surface area contributed by atoms with Crippen LogP contribution in [0.5, 0.6) is 0 Å². The zero-order chi connectivity index (χ0) is 23.4. The Morgan fingerprint density at radius 1 is 1.00 bits per heavy atom. The molecular formula is C24H33N3O4S. The van der Waals surface area contributed by atoms with E-state index in [0.29, 0.717) is 24.7 Å². The summed E-state index contributed by atoms with van der Waals surface area (Å²) in [6.45, 7) is 9.74. The normalized spacial score (nSPS) is 15.3. The topological polar surface area (TPSA) is 87.7 Å². The van der Waals surface area contributed by atoms with Gasteiger partial charge in [0.15, 0.2) is 0 Å². The van der Waals surface area contributed by atoms with Gasteiger partial charge in [-0.05, 0) is 82.9 Å². The van der Waals surface area contributed by atoms with Crippen LogP contribution < -0.4 is 10.0 Å². The van der Waals surface area contributed by atoms with Gasteiger partial charge < -0.3 is 15.0 Å². The molecule has 1 amide bonds. The monoisotopic (exact) mass is 459 g/mol. The van der Waals surface area contributed by atoms with Crippen LogP contribution in [0.3, 0.4) is 0 Å². The number of hydrogen-bond acceptors (Lipinski definition) is 5. The van der Waals surface area contributed by atoms with Gasteiger partial charge in [-0.25, -0.2) is 13.2 Å². The zero-order valence-electron chi connectivity index (χ0n) is 19.2. The predicted molar refractivity (Wildman–Crippen MR) is 127 cm³/mol. The second-order valence-corrected chi connectivity index (χ2v) is 11.0. The molecule has 174 valence electrons. The maximum absolute atomic E-state index is 12.5. The third kappa shape index (κ3) is 6.88. The molecule has 2 aromatic rings. The van der Waals surface area contributed by atoms with Gasteiger partial charge in [-0.2, -0.15) is 0 Å². The number of nitrogens with zero attached hydrogens (tertiary/aromatic N) is 1. The van der Waals surface area contributed by atoms with Crippen molar-refractivity contribution in [2.75, 3.05) is 29.7 Å². The van der Waals surface area contributed by atoms with Crippen molar-refractivity contribution in [1.82, 2.24) is 4.90 Å². The lowest BCUT2D eigenvalue weighted by Gasteiger charge is -2.33. The van der Waals surface area contributed by atoms with E-state index in [1.807, 2.05) is 39.8 Å². The minimum Gasteiger partial charge on any atom is -0.444 e. The van der Waals surface area contributed by atoms with Crippen molar-refractivity contribution in [2.24, 2.45) is 5.92 Å². The Hall–Kier alpha value is -2.74. The zero-order valence-corrected chi connectivity index (χ0v) is 20.0. The van der Waals surface area contributed by atoms with Crippen molar-refractivity contribution in [3.8, 4) is 0 Å². The maximum Gasteiger partial charge on any atom is 0.410 e. The first-order valence-electron chi connectivity index (χ1n) is 10.9. The van der Waals surface area contributed by atoms with E-state index in [4.69, 9.17) is 4.74 Å². The van der Waals surface area contributed by atoms with Gasteiger partial charge in [0.1, 0.15) is 5.60 Å². The van der Waals surface area contributed by atoms with E-state index in [0.717, 1.165) is 30.6 Å². The molecule has 1 saturated heterocycles. The number of likely N-dealkylation sites (tertiary alicyclic amines) is 1. The molecule has 32 heavy (non-hydrogen) atoms. The van der Waals surface area contributed by atoms with Crippen LogP contribution in [0, 0.1) is 12.8 Å². The number of carbonyl (C=O) groups excluding carboxylic acids is 1. The van der Waals surface area contributed by atoms with Crippen LogP contribution in [0.15, 0.2) is 53.4 Å². The van der Waals surface area contributed by atoms with Crippen molar-refractivity contribution in [2.45, 2.75) is 51.0 Å². The number of piperidine rings is 1. The van der Waals surface area contributed by atoms with Crippen LogP contribution in [0.2, 0.25) is 0 Å². The van der Waals surface area contributed by atoms with E-state index in [9.17, 15) is 13.2 Å². The first-order valence-corrected chi connectivity index (χ1v) is 12.4. The van der Waals surface area contributed by atoms with Crippen LogP contribution >= 0.6 is 0 Å². The van der Waals surface area contributed by atoms with Crippen LogP contribution in [-0.4, -0.2) is 44.6 Å². The minimum atomic E-state index is -3.61. The van der Waals surface area contributed by atoms with E-state index in [1.54, 1.807) is 41.3 Å². The molecule has 0 saturated carbocycles. The highest BCUT2D eigenvalue weighted by Crippen LogP contribution is 2.22. The van der Waals surface area contributed by atoms with Crippen molar-refractivity contribution in [1.29, 1.82) is 0 Å². The molecule has 1 aliphatic rings. The molecule has 0 atom stereocenters. The lowest BCUT2D eigenvalue weighted by Crippen LogP contribution is -2.42. The number of ether oxygens (including phenoxy) is 1. The van der Waals surface area contributed by atoms with Crippen LogP contribution in [0.1, 0.15) is 39.2 Å². The predicted octanol–water partition coefficient (Wildman–Crippen LogP) is 4.85. The Balaban J connectivity index is 1.46. The quantitative estimate of drug-likeness (QED) is 0.644. The van der Waals surface area contributed by atoms with Crippen molar-refractivity contribution >= 4 is 27.5 Å². The van der Waals surface area contributed by atoms with E-state index >= 15 is 0 Å². The Labute approximate surface area is 191 Å². The number of amides is 1. The fourth-order valence-electron chi connectivity index (χ4n) is 3.50. The average molecular weight is 460 g/mol. The molecule has 0 spiro atoms.